The molecule has 0 radical (unpaired) electrons. The molecule has 3 nitrogen and oxygen atoms in total. The van der Waals surface area contributed by atoms with Crippen molar-refractivity contribution in [2.75, 3.05) is 6.54 Å². The van der Waals surface area contributed by atoms with Crippen molar-refractivity contribution in [1.82, 2.24) is 15.3 Å². The van der Waals surface area contributed by atoms with Crippen molar-refractivity contribution in [3.8, 4) is 0 Å². The quantitative estimate of drug-likeness (QED) is 0.752. The van der Waals surface area contributed by atoms with Gasteiger partial charge in [0, 0.05) is 29.7 Å². The van der Waals surface area contributed by atoms with Crippen molar-refractivity contribution in [3.63, 3.8) is 0 Å². The fourth-order valence-electron chi connectivity index (χ4n) is 2.08. The van der Waals surface area contributed by atoms with Gasteiger partial charge < -0.3 is 10.3 Å². The predicted molar refractivity (Wildman–Crippen MR) is 76.8 cm³/mol. The maximum absolute atomic E-state index is 4.24. The summed E-state index contributed by atoms with van der Waals surface area (Å²) >= 11 is 1.83. The first-order valence-corrected chi connectivity index (χ1v) is 7.40. The molecule has 1 atom stereocenters. The van der Waals surface area contributed by atoms with E-state index < -0.39 is 0 Å². The first-order valence-electron chi connectivity index (χ1n) is 6.52. The standard InChI is InChI=1S/C14H21N3S/c1-11(2)14(12-5-4-10-18-12)17-7-3-6-13-15-8-9-16-13/h4-5,8-11,14,17H,3,6-7H2,1-2H3,(H,15,16). The summed E-state index contributed by atoms with van der Waals surface area (Å²) in [4.78, 5) is 8.81. The highest BCUT2D eigenvalue weighted by Crippen LogP contribution is 2.25. The minimum atomic E-state index is 0.474. The number of nitrogens with one attached hydrogen (secondary N) is 2. The van der Waals surface area contributed by atoms with Gasteiger partial charge in [-0.05, 0) is 30.3 Å². The number of H-pyrrole nitrogens is 1. The van der Waals surface area contributed by atoms with Crippen LogP contribution < -0.4 is 5.32 Å². The number of aromatic nitrogens is 2. The highest BCUT2D eigenvalue weighted by atomic mass is 32.1. The van der Waals surface area contributed by atoms with Gasteiger partial charge in [-0.2, -0.15) is 0 Å². The van der Waals surface area contributed by atoms with Gasteiger partial charge in [0.15, 0.2) is 0 Å². The molecular formula is C14H21N3S. The zero-order valence-electron chi connectivity index (χ0n) is 11.0. The summed E-state index contributed by atoms with van der Waals surface area (Å²) in [6, 6.07) is 4.82. The van der Waals surface area contributed by atoms with Crippen LogP contribution in [0.4, 0.5) is 0 Å². The molecule has 2 aromatic heterocycles. The number of nitrogens with zero attached hydrogens (tertiary/aromatic N) is 1. The maximum atomic E-state index is 4.24. The Balaban J connectivity index is 1.76. The first kappa shape index (κ1) is 13.3. The van der Waals surface area contributed by atoms with E-state index in [1.54, 1.807) is 0 Å². The average Bonchev–Trinajstić information content (AvgIpc) is 3.00. The van der Waals surface area contributed by atoms with Gasteiger partial charge in [-0.15, -0.1) is 11.3 Å². The largest absolute Gasteiger partial charge is 0.349 e. The van der Waals surface area contributed by atoms with Gasteiger partial charge >= 0.3 is 0 Å². The number of thiophene rings is 1. The lowest BCUT2D eigenvalue weighted by molar-refractivity contribution is 0.414. The van der Waals surface area contributed by atoms with Gasteiger partial charge in [0.05, 0.1) is 0 Å². The molecule has 0 aromatic carbocycles. The van der Waals surface area contributed by atoms with Crippen molar-refractivity contribution >= 4 is 11.3 Å². The van der Waals surface area contributed by atoms with Crippen LogP contribution in [0.15, 0.2) is 29.9 Å². The number of aryl methyl sites for hydroxylation is 1. The molecule has 4 heteroatoms. The van der Waals surface area contributed by atoms with Crippen LogP contribution in [0.2, 0.25) is 0 Å². The number of rotatable bonds is 7. The van der Waals surface area contributed by atoms with Crippen molar-refractivity contribution < 1.29 is 0 Å². The summed E-state index contributed by atoms with van der Waals surface area (Å²) in [6.45, 7) is 5.56. The first-order chi connectivity index (χ1) is 8.77. The minimum Gasteiger partial charge on any atom is -0.349 e. The Labute approximate surface area is 113 Å². The molecule has 0 aliphatic heterocycles. The summed E-state index contributed by atoms with van der Waals surface area (Å²) in [5.41, 5.74) is 0. The highest BCUT2D eigenvalue weighted by Gasteiger charge is 2.15. The smallest absolute Gasteiger partial charge is 0.106 e. The van der Waals surface area contributed by atoms with Crippen molar-refractivity contribution in [2.24, 2.45) is 5.92 Å². The molecule has 1 unspecified atom stereocenters. The molecule has 0 bridgehead atoms. The lowest BCUT2D eigenvalue weighted by atomic mass is 10.0. The zero-order chi connectivity index (χ0) is 12.8. The fourth-order valence-corrected chi connectivity index (χ4v) is 3.05. The third-order valence-electron chi connectivity index (χ3n) is 3.03. The van der Waals surface area contributed by atoms with E-state index in [0.29, 0.717) is 12.0 Å². The van der Waals surface area contributed by atoms with Gasteiger partial charge in [0.1, 0.15) is 5.82 Å². The summed E-state index contributed by atoms with van der Waals surface area (Å²) in [6.07, 6.45) is 5.81. The molecule has 2 N–H and O–H groups in total. The number of hydrogen-bond acceptors (Lipinski definition) is 3. The average molecular weight is 263 g/mol. The van der Waals surface area contributed by atoms with Gasteiger partial charge in [0.2, 0.25) is 0 Å². The SMILES string of the molecule is CC(C)C(NCCCc1ncc[nH]1)c1cccs1. The van der Waals surface area contributed by atoms with E-state index in [9.17, 15) is 0 Å². The second kappa shape index (κ2) is 6.71. The van der Waals surface area contributed by atoms with Crippen LogP contribution in [0.1, 0.15) is 37.0 Å². The molecular weight excluding hydrogens is 242 g/mol. The van der Waals surface area contributed by atoms with E-state index in [0.717, 1.165) is 25.2 Å². The summed E-state index contributed by atoms with van der Waals surface area (Å²) < 4.78 is 0. The molecule has 0 aliphatic rings. The summed E-state index contributed by atoms with van der Waals surface area (Å²) in [5.74, 6) is 1.70. The van der Waals surface area contributed by atoms with E-state index in [4.69, 9.17) is 0 Å². The molecule has 0 fully saturated rings. The maximum Gasteiger partial charge on any atom is 0.106 e. The molecule has 18 heavy (non-hydrogen) atoms. The van der Waals surface area contributed by atoms with Crippen molar-refractivity contribution in [1.29, 1.82) is 0 Å². The molecule has 98 valence electrons. The lowest BCUT2D eigenvalue weighted by Crippen LogP contribution is -2.26. The third-order valence-corrected chi connectivity index (χ3v) is 3.98. The molecule has 0 amide bonds. The topological polar surface area (TPSA) is 40.7 Å². The monoisotopic (exact) mass is 263 g/mol. The van der Waals surface area contributed by atoms with E-state index in [1.165, 1.54) is 4.88 Å². The molecule has 0 saturated heterocycles. The van der Waals surface area contributed by atoms with E-state index in [1.807, 2.05) is 23.7 Å². The Hall–Kier alpha value is -1.13. The molecule has 0 spiro atoms. The highest BCUT2D eigenvalue weighted by molar-refractivity contribution is 7.10. The Morgan fingerprint density at radius 1 is 1.44 bits per heavy atom. The second-order valence-electron chi connectivity index (χ2n) is 4.83. The van der Waals surface area contributed by atoms with Crippen molar-refractivity contribution in [3.05, 3.63) is 40.6 Å². The van der Waals surface area contributed by atoms with Gasteiger partial charge in [-0.1, -0.05) is 19.9 Å². The van der Waals surface area contributed by atoms with Gasteiger partial charge in [0.25, 0.3) is 0 Å². The molecule has 2 aromatic rings. The van der Waals surface area contributed by atoms with E-state index in [2.05, 4.69) is 46.6 Å². The van der Waals surface area contributed by atoms with Crippen LogP contribution in [0.5, 0.6) is 0 Å². The molecule has 2 rings (SSSR count). The Morgan fingerprint density at radius 3 is 2.94 bits per heavy atom. The normalized spacial score (nSPS) is 13.1. The van der Waals surface area contributed by atoms with Crippen LogP contribution in [-0.2, 0) is 6.42 Å². The zero-order valence-corrected chi connectivity index (χ0v) is 11.8. The van der Waals surface area contributed by atoms with Crippen LogP contribution in [0.3, 0.4) is 0 Å². The Kier molecular flexibility index (Phi) is 4.96. The molecule has 2 heterocycles. The predicted octanol–water partition coefficient (Wildman–Crippen LogP) is 3.39. The molecule has 0 aliphatic carbocycles. The lowest BCUT2D eigenvalue weighted by Gasteiger charge is -2.21. The summed E-state index contributed by atoms with van der Waals surface area (Å²) in [5, 5.41) is 5.80. The molecule has 0 saturated carbocycles. The van der Waals surface area contributed by atoms with Crippen LogP contribution in [-0.4, -0.2) is 16.5 Å². The van der Waals surface area contributed by atoms with Crippen LogP contribution >= 0.6 is 11.3 Å². The Morgan fingerprint density at radius 2 is 2.33 bits per heavy atom. The van der Waals surface area contributed by atoms with E-state index >= 15 is 0 Å². The Bertz CT molecular complexity index is 420. The fraction of sp³-hybridized carbons (Fsp3) is 0.500. The summed E-state index contributed by atoms with van der Waals surface area (Å²) in [7, 11) is 0. The van der Waals surface area contributed by atoms with Crippen molar-refractivity contribution in [2.45, 2.75) is 32.7 Å². The van der Waals surface area contributed by atoms with E-state index in [-0.39, 0.29) is 0 Å². The van der Waals surface area contributed by atoms with Gasteiger partial charge in [-0.25, -0.2) is 4.98 Å². The van der Waals surface area contributed by atoms with Crippen LogP contribution in [0.25, 0.3) is 0 Å². The number of imidazole rings is 1. The number of aromatic amines is 1. The second-order valence-corrected chi connectivity index (χ2v) is 5.81. The third kappa shape index (κ3) is 3.68. The minimum absolute atomic E-state index is 0.474. The van der Waals surface area contributed by atoms with Gasteiger partial charge in [-0.3, -0.25) is 0 Å². The van der Waals surface area contributed by atoms with Crippen LogP contribution in [0, 0.1) is 5.92 Å². The number of hydrogen-bond donors (Lipinski definition) is 2.